The summed E-state index contributed by atoms with van der Waals surface area (Å²) in [5.41, 5.74) is 17.9. The fraction of sp³-hybridized carbons (Fsp3) is 0.120. The van der Waals surface area contributed by atoms with Gasteiger partial charge in [-0.2, -0.15) is 0 Å². The lowest BCUT2D eigenvalue weighted by Gasteiger charge is -2.45. The van der Waals surface area contributed by atoms with Gasteiger partial charge in [0.2, 0.25) is 0 Å². The zero-order valence-electron chi connectivity index (χ0n) is 31.5. The number of anilines is 6. The van der Waals surface area contributed by atoms with E-state index >= 15 is 0 Å². The molecule has 0 saturated heterocycles. The molecule has 0 spiro atoms. The van der Waals surface area contributed by atoms with Crippen LogP contribution in [0.2, 0.25) is 0 Å². The van der Waals surface area contributed by atoms with Gasteiger partial charge in [-0.15, -0.1) is 0 Å². The molecular formula is C50H39BN6. The van der Waals surface area contributed by atoms with E-state index in [-0.39, 0.29) is 6.71 Å². The van der Waals surface area contributed by atoms with Gasteiger partial charge in [-0.3, -0.25) is 4.98 Å². The van der Waals surface area contributed by atoms with E-state index in [0.717, 1.165) is 28.2 Å². The Morgan fingerprint density at radius 1 is 0.474 bits per heavy atom. The van der Waals surface area contributed by atoms with Gasteiger partial charge in [0, 0.05) is 51.4 Å². The molecule has 0 amide bonds. The molecule has 0 unspecified atom stereocenters. The Bertz CT molecular complexity index is 2730. The van der Waals surface area contributed by atoms with E-state index in [1.165, 1.54) is 87.9 Å². The second kappa shape index (κ2) is 14.0. The summed E-state index contributed by atoms with van der Waals surface area (Å²) in [6.45, 7) is 0.0289. The third kappa shape index (κ3) is 5.81. The minimum Gasteiger partial charge on any atom is -0.311 e. The van der Waals surface area contributed by atoms with E-state index < -0.39 is 0 Å². The molecule has 1 aliphatic carbocycles. The minimum atomic E-state index is 0.0289. The Hall–Kier alpha value is -6.86. The first-order chi connectivity index (χ1) is 28.3. The first-order valence-corrected chi connectivity index (χ1v) is 20.1. The van der Waals surface area contributed by atoms with Crippen LogP contribution in [0.5, 0.6) is 0 Å². The second-order valence-electron chi connectivity index (χ2n) is 15.4. The van der Waals surface area contributed by atoms with E-state index in [1.54, 1.807) is 12.7 Å². The van der Waals surface area contributed by atoms with E-state index in [2.05, 4.69) is 170 Å². The minimum absolute atomic E-state index is 0.0289. The molecule has 272 valence electrons. The second-order valence-corrected chi connectivity index (χ2v) is 15.4. The Balaban J connectivity index is 1.18. The number of fused-ring (bicyclic) bond motifs is 4. The molecule has 0 radical (unpaired) electrons. The van der Waals surface area contributed by atoms with Crippen molar-refractivity contribution in [1.29, 1.82) is 0 Å². The molecular weight excluding hydrogens is 695 g/mol. The third-order valence-corrected chi connectivity index (χ3v) is 12.1. The van der Waals surface area contributed by atoms with Crippen LogP contribution < -0.4 is 26.2 Å². The largest absolute Gasteiger partial charge is 0.311 e. The summed E-state index contributed by atoms with van der Waals surface area (Å²) in [6.07, 6.45) is 11.3. The van der Waals surface area contributed by atoms with E-state index in [9.17, 15) is 0 Å². The molecule has 6 nitrogen and oxygen atoms in total. The van der Waals surface area contributed by atoms with Gasteiger partial charge in [0.1, 0.15) is 12.7 Å². The predicted octanol–water partition coefficient (Wildman–Crippen LogP) is 10.4. The average Bonchev–Trinajstić information content (AvgIpc) is 3.30. The molecule has 8 aromatic rings. The molecule has 2 aromatic heterocycles. The molecule has 1 saturated carbocycles. The van der Waals surface area contributed by atoms with E-state index in [1.807, 2.05) is 12.3 Å². The van der Waals surface area contributed by atoms with Crippen LogP contribution in [0, 0.1) is 0 Å². The lowest BCUT2D eigenvalue weighted by molar-refractivity contribution is 0.444. The zero-order valence-corrected chi connectivity index (χ0v) is 31.5. The molecule has 0 bridgehead atoms. The van der Waals surface area contributed by atoms with Gasteiger partial charge in [-0.25, -0.2) is 15.0 Å². The topological polar surface area (TPSA) is 58.0 Å². The molecule has 0 atom stereocenters. The van der Waals surface area contributed by atoms with Gasteiger partial charge < -0.3 is 9.80 Å². The maximum Gasteiger partial charge on any atom is 0.252 e. The predicted molar refractivity (Wildman–Crippen MR) is 234 cm³/mol. The number of aromatic nitrogens is 4. The lowest BCUT2D eigenvalue weighted by Crippen LogP contribution is -2.61. The number of rotatable bonds is 6. The van der Waals surface area contributed by atoms with Crippen LogP contribution in [-0.4, -0.2) is 26.6 Å². The van der Waals surface area contributed by atoms with Crippen molar-refractivity contribution in [3.8, 4) is 33.8 Å². The smallest absolute Gasteiger partial charge is 0.252 e. The van der Waals surface area contributed by atoms with Crippen molar-refractivity contribution in [3.05, 3.63) is 176 Å². The van der Waals surface area contributed by atoms with E-state index in [4.69, 9.17) is 4.98 Å². The monoisotopic (exact) mass is 734 g/mol. The number of hydrogen-bond acceptors (Lipinski definition) is 6. The van der Waals surface area contributed by atoms with Crippen molar-refractivity contribution in [2.75, 3.05) is 9.80 Å². The molecule has 2 aliphatic heterocycles. The Morgan fingerprint density at radius 2 is 1.18 bits per heavy atom. The number of para-hydroxylation sites is 1. The molecule has 3 aliphatic rings. The van der Waals surface area contributed by atoms with Gasteiger partial charge in [-0.05, 0) is 125 Å². The van der Waals surface area contributed by atoms with Crippen molar-refractivity contribution < 1.29 is 0 Å². The zero-order chi connectivity index (χ0) is 37.7. The maximum atomic E-state index is 4.74. The first kappa shape index (κ1) is 33.5. The van der Waals surface area contributed by atoms with Crippen molar-refractivity contribution in [2.24, 2.45) is 0 Å². The highest BCUT2D eigenvalue weighted by Crippen LogP contribution is 2.47. The van der Waals surface area contributed by atoms with Crippen molar-refractivity contribution in [1.82, 2.24) is 19.9 Å². The number of pyridine rings is 1. The van der Waals surface area contributed by atoms with Gasteiger partial charge in [-0.1, -0.05) is 98.1 Å². The first-order valence-electron chi connectivity index (χ1n) is 20.1. The fourth-order valence-electron chi connectivity index (χ4n) is 9.50. The number of hydrogen-bond donors (Lipinski definition) is 0. The molecule has 1 fully saturated rings. The number of nitrogens with zero attached hydrogens (tertiary/aromatic N) is 6. The highest BCUT2D eigenvalue weighted by molar-refractivity contribution is 7.00. The molecule has 57 heavy (non-hydrogen) atoms. The standard InChI is InChI=1S/C50H39BN6/c1-3-12-34(13-4-1)37-23-26-46-43(29-37)51-42-18-7-8-20-45(42)57(41-17-11-16-38(28-41)44-19-9-10-27-53-44)48-31-39(35-14-5-2-6-15-35)30-47(49(48)51)56(46)40-24-21-36(22-25-40)50-54-32-52-33-55-50/h1,3-4,7-13,16-33,35H,2,5-6,14-15H2. The highest BCUT2D eigenvalue weighted by atomic mass is 15.2. The summed E-state index contributed by atoms with van der Waals surface area (Å²) in [7, 11) is 0. The quantitative estimate of drug-likeness (QED) is 0.159. The van der Waals surface area contributed by atoms with Crippen LogP contribution >= 0.6 is 0 Å². The summed E-state index contributed by atoms with van der Waals surface area (Å²) in [5.74, 6) is 1.17. The molecule has 7 heteroatoms. The van der Waals surface area contributed by atoms with Gasteiger partial charge in [0.15, 0.2) is 5.82 Å². The van der Waals surface area contributed by atoms with Crippen LogP contribution in [0.3, 0.4) is 0 Å². The van der Waals surface area contributed by atoms with Crippen LogP contribution in [-0.2, 0) is 0 Å². The summed E-state index contributed by atoms with van der Waals surface area (Å²) >= 11 is 0. The van der Waals surface area contributed by atoms with Gasteiger partial charge in [0.25, 0.3) is 6.71 Å². The van der Waals surface area contributed by atoms with Crippen LogP contribution in [0.4, 0.5) is 34.1 Å². The van der Waals surface area contributed by atoms with Crippen molar-refractivity contribution in [3.63, 3.8) is 0 Å². The third-order valence-electron chi connectivity index (χ3n) is 12.1. The van der Waals surface area contributed by atoms with Crippen LogP contribution in [0.25, 0.3) is 33.8 Å². The summed E-state index contributed by atoms with van der Waals surface area (Å²) in [6, 6.07) is 55.7. The molecule has 4 heterocycles. The molecule has 6 aromatic carbocycles. The van der Waals surface area contributed by atoms with Gasteiger partial charge >= 0.3 is 0 Å². The summed E-state index contributed by atoms with van der Waals surface area (Å²) < 4.78 is 0. The fourth-order valence-corrected chi connectivity index (χ4v) is 9.50. The molecule has 0 N–H and O–H groups in total. The SMILES string of the molecule is c1ccc(-c2ccc3c(c2)B2c4ccccc4N(c4cccc(-c5ccccn5)c4)c4cc(C5CCCCC5)cc(c42)N3c2ccc(-c3ncncn3)cc2)cc1. The van der Waals surface area contributed by atoms with Crippen LogP contribution in [0.1, 0.15) is 43.6 Å². The van der Waals surface area contributed by atoms with Gasteiger partial charge in [0.05, 0.1) is 5.69 Å². The summed E-state index contributed by atoms with van der Waals surface area (Å²) in [5, 5.41) is 0. The lowest BCUT2D eigenvalue weighted by atomic mass is 9.33. The Morgan fingerprint density at radius 3 is 1.96 bits per heavy atom. The Kier molecular flexibility index (Phi) is 8.23. The average molecular weight is 735 g/mol. The maximum absolute atomic E-state index is 4.74. The van der Waals surface area contributed by atoms with Crippen molar-refractivity contribution in [2.45, 2.75) is 38.0 Å². The summed E-state index contributed by atoms with van der Waals surface area (Å²) in [4.78, 5) is 22.7. The van der Waals surface area contributed by atoms with Crippen LogP contribution in [0.15, 0.2) is 171 Å². The number of benzene rings is 6. The van der Waals surface area contributed by atoms with E-state index in [0.29, 0.717) is 11.7 Å². The van der Waals surface area contributed by atoms with Crippen molar-refractivity contribution >= 4 is 57.2 Å². The highest BCUT2D eigenvalue weighted by Gasteiger charge is 2.44. The molecule has 11 rings (SSSR count). The Labute approximate surface area is 333 Å². The normalized spacial score (nSPS) is 14.5.